The Morgan fingerprint density at radius 1 is 1.25 bits per heavy atom. The van der Waals surface area contributed by atoms with Gasteiger partial charge < -0.3 is 9.64 Å². The molecule has 0 aliphatic rings. The van der Waals surface area contributed by atoms with Crippen LogP contribution in [0.5, 0.6) is 0 Å². The standard InChI is InChI=1S/C13H27NO2/c1-11(2)8-9-14(5)13(15)7-6-10-16-12(3)4/h11-12H,6-10H2,1-5H3. The maximum absolute atomic E-state index is 11.7. The minimum Gasteiger partial charge on any atom is -0.379 e. The Balaban J connectivity index is 3.55. The molecule has 1 amide bonds. The van der Waals surface area contributed by atoms with Crippen molar-refractivity contribution in [2.45, 2.75) is 53.1 Å². The summed E-state index contributed by atoms with van der Waals surface area (Å²) in [7, 11) is 1.88. The van der Waals surface area contributed by atoms with E-state index in [9.17, 15) is 4.79 Å². The van der Waals surface area contributed by atoms with Gasteiger partial charge in [-0.05, 0) is 32.6 Å². The smallest absolute Gasteiger partial charge is 0.222 e. The van der Waals surface area contributed by atoms with Crippen LogP contribution in [0, 0.1) is 5.92 Å². The Labute approximate surface area is 100 Å². The lowest BCUT2D eigenvalue weighted by molar-refractivity contribution is -0.130. The molecule has 0 rings (SSSR count). The van der Waals surface area contributed by atoms with Gasteiger partial charge >= 0.3 is 0 Å². The van der Waals surface area contributed by atoms with Gasteiger partial charge in [-0.3, -0.25) is 4.79 Å². The zero-order valence-corrected chi connectivity index (χ0v) is 11.5. The highest BCUT2D eigenvalue weighted by Crippen LogP contribution is 2.03. The fraction of sp³-hybridized carbons (Fsp3) is 0.923. The summed E-state index contributed by atoms with van der Waals surface area (Å²) >= 11 is 0. The van der Waals surface area contributed by atoms with Crippen molar-refractivity contribution >= 4 is 5.91 Å². The monoisotopic (exact) mass is 229 g/mol. The van der Waals surface area contributed by atoms with Gasteiger partial charge in [-0.1, -0.05) is 13.8 Å². The molecule has 0 atom stereocenters. The third kappa shape index (κ3) is 8.72. The van der Waals surface area contributed by atoms with Gasteiger partial charge in [-0.25, -0.2) is 0 Å². The highest BCUT2D eigenvalue weighted by Gasteiger charge is 2.08. The normalized spacial score (nSPS) is 11.2. The van der Waals surface area contributed by atoms with Crippen molar-refractivity contribution in [1.82, 2.24) is 4.90 Å². The first kappa shape index (κ1) is 15.4. The Hall–Kier alpha value is -0.570. The number of carbonyl (C=O) groups excluding carboxylic acids is 1. The average Bonchev–Trinajstić information content (AvgIpc) is 2.20. The van der Waals surface area contributed by atoms with Gasteiger partial charge in [-0.15, -0.1) is 0 Å². The van der Waals surface area contributed by atoms with Gasteiger partial charge in [0.05, 0.1) is 6.10 Å². The molecule has 0 heterocycles. The van der Waals surface area contributed by atoms with E-state index >= 15 is 0 Å². The third-order valence-electron chi connectivity index (χ3n) is 2.45. The Kier molecular flexibility index (Phi) is 8.26. The third-order valence-corrected chi connectivity index (χ3v) is 2.45. The Morgan fingerprint density at radius 3 is 2.38 bits per heavy atom. The number of carbonyl (C=O) groups is 1. The first-order valence-electron chi connectivity index (χ1n) is 6.29. The summed E-state index contributed by atoms with van der Waals surface area (Å²) in [5.41, 5.74) is 0. The number of nitrogens with zero attached hydrogens (tertiary/aromatic N) is 1. The van der Waals surface area contributed by atoms with Crippen molar-refractivity contribution in [2.24, 2.45) is 5.92 Å². The summed E-state index contributed by atoms with van der Waals surface area (Å²) in [5.74, 6) is 0.882. The lowest BCUT2D eigenvalue weighted by atomic mass is 10.1. The number of rotatable bonds is 8. The SMILES string of the molecule is CC(C)CCN(C)C(=O)CCCOC(C)C. The molecule has 0 aliphatic carbocycles. The molecule has 96 valence electrons. The summed E-state index contributed by atoms with van der Waals surface area (Å²) < 4.78 is 5.40. The second-order valence-corrected chi connectivity index (χ2v) is 5.02. The van der Waals surface area contributed by atoms with E-state index in [1.807, 2.05) is 25.8 Å². The van der Waals surface area contributed by atoms with Crippen molar-refractivity contribution in [3.05, 3.63) is 0 Å². The van der Waals surface area contributed by atoms with Crippen LogP contribution in [0.1, 0.15) is 47.0 Å². The first-order chi connectivity index (χ1) is 7.43. The molecule has 0 N–H and O–H groups in total. The Bertz CT molecular complexity index is 190. The maximum Gasteiger partial charge on any atom is 0.222 e. The van der Waals surface area contributed by atoms with Gasteiger partial charge in [-0.2, -0.15) is 0 Å². The van der Waals surface area contributed by atoms with Crippen LogP contribution in [0.4, 0.5) is 0 Å². The fourth-order valence-electron chi connectivity index (χ4n) is 1.31. The van der Waals surface area contributed by atoms with Crippen molar-refractivity contribution in [3.63, 3.8) is 0 Å². The zero-order chi connectivity index (χ0) is 12.6. The van der Waals surface area contributed by atoms with Crippen LogP contribution in [-0.4, -0.2) is 37.1 Å². The van der Waals surface area contributed by atoms with E-state index < -0.39 is 0 Å². The maximum atomic E-state index is 11.7. The Morgan fingerprint density at radius 2 is 1.88 bits per heavy atom. The molecule has 16 heavy (non-hydrogen) atoms. The molecule has 0 fully saturated rings. The van der Waals surface area contributed by atoms with E-state index in [0.29, 0.717) is 18.9 Å². The molecule has 0 aromatic heterocycles. The molecule has 0 saturated heterocycles. The van der Waals surface area contributed by atoms with Crippen molar-refractivity contribution in [3.8, 4) is 0 Å². The van der Waals surface area contributed by atoms with E-state index in [0.717, 1.165) is 19.4 Å². The van der Waals surface area contributed by atoms with Crippen LogP contribution >= 0.6 is 0 Å². The second-order valence-electron chi connectivity index (χ2n) is 5.02. The van der Waals surface area contributed by atoms with E-state index in [1.54, 1.807) is 0 Å². The predicted molar refractivity (Wildman–Crippen MR) is 67.4 cm³/mol. The second kappa shape index (κ2) is 8.57. The van der Waals surface area contributed by atoms with Crippen molar-refractivity contribution in [2.75, 3.05) is 20.2 Å². The van der Waals surface area contributed by atoms with Gasteiger partial charge in [0.1, 0.15) is 0 Å². The summed E-state index contributed by atoms with van der Waals surface area (Å²) in [6, 6.07) is 0. The predicted octanol–water partition coefficient (Wildman–Crippen LogP) is 2.70. The summed E-state index contributed by atoms with van der Waals surface area (Å²) in [6.45, 7) is 9.92. The zero-order valence-electron chi connectivity index (χ0n) is 11.5. The molecule has 3 heteroatoms. The topological polar surface area (TPSA) is 29.5 Å². The number of hydrogen-bond donors (Lipinski definition) is 0. The van der Waals surface area contributed by atoms with Crippen LogP contribution in [0.3, 0.4) is 0 Å². The minimum absolute atomic E-state index is 0.230. The van der Waals surface area contributed by atoms with Crippen molar-refractivity contribution in [1.29, 1.82) is 0 Å². The van der Waals surface area contributed by atoms with Gasteiger partial charge in [0, 0.05) is 26.6 Å². The molecule has 0 saturated carbocycles. The van der Waals surface area contributed by atoms with Crippen LogP contribution in [-0.2, 0) is 9.53 Å². The largest absolute Gasteiger partial charge is 0.379 e. The number of ether oxygens (including phenoxy) is 1. The quantitative estimate of drug-likeness (QED) is 0.599. The average molecular weight is 229 g/mol. The first-order valence-corrected chi connectivity index (χ1v) is 6.29. The van der Waals surface area contributed by atoms with Crippen LogP contribution < -0.4 is 0 Å². The molecular weight excluding hydrogens is 202 g/mol. The lowest BCUT2D eigenvalue weighted by Crippen LogP contribution is -2.28. The fourth-order valence-corrected chi connectivity index (χ4v) is 1.31. The van der Waals surface area contributed by atoms with Crippen LogP contribution in [0.15, 0.2) is 0 Å². The molecule has 0 aromatic carbocycles. The highest BCUT2D eigenvalue weighted by atomic mass is 16.5. The van der Waals surface area contributed by atoms with E-state index in [-0.39, 0.29) is 12.0 Å². The molecule has 0 aromatic rings. The van der Waals surface area contributed by atoms with E-state index in [1.165, 1.54) is 0 Å². The van der Waals surface area contributed by atoms with E-state index in [2.05, 4.69) is 13.8 Å². The molecule has 0 aliphatic heterocycles. The van der Waals surface area contributed by atoms with Gasteiger partial charge in [0.15, 0.2) is 0 Å². The summed E-state index contributed by atoms with van der Waals surface area (Å²) in [5, 5.41) is 0. The lowest BCUT2D eigenvalue weighted by Gasteiger charge is -2.18. The van der Waals surface area contributed by atoms with Crippen molar-refractivity contribution < 1.29 is 9.53 Å². The van der Waals surface area contributed by atoms with Gasteiger partial charge in [0.2, 0.25) is 5.91 Å². The number of hydrogen-bond acceptors (Lipinski definition) is 2. The van der Waals surface area contributed by atoms with Crippen LogP contribution in [0.2, 0.25) is 0 Å². The molecular formula is C13H27NO2. The van der Waals surface area contributed by atoms with E-state index in [4.69, 9.17) is 4.74 Å². The van der Waals surface area contributed by atoms with Gasteiger partial charge in [0.25, 0.3) is 0 Å². The van der Waals surface area contributed by atoms with Crippen LogP contribution in [0.25, 0.3) is 0 Å². The number of amides is 1. The minimum atomic E-state index is 0.230. The molecule has 0 radical (unpaired) electrons. The molecule has 0 bridgehead atoms. The molecule has 3 nitrogen and oxygen atoms in total. The molecule has 0 spiro atoms. The summed E-state index contributed by atoms with van der Waals surface area (Å²) in [4.78, 5) is 13.5. The summed E-state index contributed by atoms with van der Waals surface area (Å²) in [6.07, 6.45) is 2.75. The molecule has 0 unspecified atom stereocenters. The highest BCUT2D eigenvalue weighted by molar-refractivity contribution is 5.75.